The molecule has 1 aromatic rings. The number of carboxylic acids is 1. The Bertz CT molecular complexity index is 501. The van der Waals surface area contributed by atoms with E-state index < -0.39 is 11.4 Å². The van der Waals surface area contributed by atoms with Crippen molar-refractivity contribution in [1.82, 2.24) is 0 Å². The molecule has 1 saturated carbocycles. The number of phenolic OH excluding ortho intramolecular Hbond substituents is 1. The molecule has 0 saturated heterocycles. The molecule has 2 N–H and O–H groups in total. The van der Waals surface area contributed by atoms with Crippen LogP contribution in [0.25, 0.3) is 0 Å². The molecule has 0 amide bonds. The highest BCUT2D eigenvalue weighted by atomic mass is 79.9. The Hall–Kier alpha value is -1.03. The van der Waals surface area contributed by atoms with Crippen LogP contribution in [0.3, 0.4) is 0 Å². The van der Waals surface area contributed by atoms with Gasteiger partial charge in [0.15, 0.2) is 0 Å². The summed E-state index contributed by atoms with van der Waals surface area (Å²) >= 11 is 3.37. The molecule has 3 nitrogen and oxygen atoms in total. The van der Waals surface area contributed by atoms with Crippen LogP contribution in [0.5, 0.6) is 5.75 Å². The molecule has 2 rings (SSSR count). The van der Waals surface area contributed by atoms with Gasteiger partial charge in [0.05, 0.1) is 9.89 Å². The van der Waals surface area contributed by atoms with Crippen LogP contribution in [-0.4, -0.2) is 16.2 Å². The van der Waals surface area contributed by atoms with E-state index in [1.165, 1.54) is 0 Å². The second-order valence-corrected chi connectivity index (χ2v) is 5.95. The fourth-order valence-corrected chi connectivity index (χ4v) is 3.41. The molecular weight excluding hydrogens is 296 g/mol. The Morgan fingerprint density at radius 1 is 1.17 bits per heavy atom. The Morgan fingerprint density at radius 2 is 1.72 bits per heavy atom. The summed E-state index contributed by atoms with van der Waals surface area (Å²) in [6, 6.07) is 0. The first kappa shape index (κ1) is 13.4. The number of aromatic hydroxyl groups is 1. The maximum Gasteiger partial charge on any atom is 0.314 e. The summed E-state index contributed by atoms with van der Waals surface area (Å²) in [5.74, 6) is -0.537. The maximum absolute atomic E-state index is 11.6. The van der Waals surface area contributed by atoms with Crippen molar-refractivity contribution in [1.29, 1.82) is 0 Å². The normalized spacial score (nSPS) is 17.3. The third kappa shape index (κ3) is 1.58. The van der Waals surface area contributed by atoms with Gasteiger partial charge in [-0.3, -0.25) is 4.79 Å². The molecule has 0 aromatic heterocycles. The fourth-order valence-electron chi connectivity index (χ4n) is 2.92. The van der Waals surface area contributed by atoms with E-state index in [4.69, 9.17) is 0 Å². The zero-order valence-corrected chi connectivity index (χ0v) is 12.4. The minimum atomic E-state index is -0.755. The van der Waals surface area contributed by atoms with Gasteiger partial charge in [-0.05, 0) is 71.8 Å². The van der Waals surface area contributed by atoms with Gasteiger partial charge in [0.25, 0.3) is 0 Å². The number of hydrogen-bond acceptors (Lipinski definition) is 2. The van der Waals surface area contributed by atoms with Gasteiger partial charge in [-0.2, -0.15) is 0 Å². The van der Waals surface area contributed by atoms with Gasteiger partial charge in [0.2, 0.25) is 0 Å². The summed E-state index contributed by atoms with van der Waals surface area (Å²) in [6.07, 6.45) is 2.31. The van der Waals surface area contributed by atoms with E-state index in [2.05, 4.69) is 15.9 Å². The monoisotopic (exact) mass is 312 g/mol. The van der Waals surface area contributed by atoms with Crippen LogP contribution in [0.1, 0.15) is 41.5 Å². The van der Waals surface area contributed by atoms with E-state index in [0.29, 0.717) is 17.3 Å². The molecule has 0 aliphatic heterocycles. The van der Waals surface area contributed by atoms with Crippen molar-refractivity contribution in [2.75, 3.05) is 0 Å². The predicted octanol–water partition coefficient (Wildman–Crippen LogP) is 3.59. The Labute approximate surface area is 115 Å². The third-order valence-electron chi connectivity index (χ3n) is 4.30. The number of carbonyl (C=O) groups is 1. The van der Waals surface area contributed by atoms with Crippen LogP contribution in [-0.2, 0) is 10.2 Å². The van der Waals surface area contributed by atoms with Crippen LogP contribution in [0.2, 0.25) is 0 Å². The van der Waals surface area contributed by atoms with Gasteiger partial charge in [-0.15, -0.1) is 0 Å². The Morgan fingerprint density at radius 3 is 2.11 bits per heavy atom. The Balaban J connectivity index is 2.76. The summed E-state index contributed by atoms with van der Waals surface area (Å²) in [6.45, 7) is 5.59. The molecule has 1 aromatic carbocycles. The lowest BCUT2D eigenvalue weighted by Gasteiger charge is -2.41. The van der Waals surface area contributed by atoms with Crippen molar-refractivity contribution in [3.63, 3.8) is 0 Å². The fraction of sp³-hybridized carbons (Fsp3) is 0.500. The molecule has 18 heavy (non-hydrogen) atoms. The summed E-state index contributed by atoms with van der Waals surface area (Å²) in [5, 5.41) is 19.6. The molecule has 0 unspecified atom stereocenters. The second kappa shape index (κ2) is 4.26. The highest BCUT2D eigenvalue weighted by Gasteiger charge is 2.48. The molecular formula is C14H17BrO3. The molecule has 1 aliphatic rings. The minimum Gasteiger partial charge on any atom is -0.506 e. The summed E-state index contributed by atoms with van der Waals surface area (Å²) < 4.78 is 0.619. The van der Waals surface area contributed by atoms with Crippen LogP contribution in [0.4, 0.5) is 0 Å². The lowest BCUT2D eigenvalue weighted by atomic mass is 9.62. The van der Waals surface area contributed by atoms with Gasteiger partial charge >= 0.3 is 5.97 Å². The summed E-state index contributed by atoms with van der Waals surface area (Å²) in [5.41, 5.74) is 2.63. The van der Waals surface area contributed by atoms with Gasteiger partial charge < -0.3 is 10.2 Å². The number of halogens is 1. The van der Waals surface area contributed by atoms with E-state index in [1.54, 1.807) is 0 Å². The van der Waals surface area contributed by atoms with Crippen molar-refractivity contribution in [3.05, 3.63) is 26.7 Å². The van der Waals surface area contributed by atoms with Crippen molar-refractivity contribution in [2.24, 2.45) is 0 Å². The molecule has 0 bridgehead atoms. The van der Waals surface area contributed by atoms with E-state index in [9.17, 15) is 15.0 Å². The number of carboxylic acid groups (broad SMARTS) is 1. The van der Waals surface area contributed by atoms with E-state index in [1.807, 2.05) is 20.8 Å². The highest BCUT2D eigenvalue weighted by Crippen LogP contribution is 2.50. The second-order valence-electron chi connectivity index (χ2n) is 5.15. The highest BCUT2D eigenvalue weighted by molar-refractivity contribution is 9.10. The Kier molecular flexibility index (Phi) is 3.18. The molecule has 98 valence electrons. The molecule has 1 aliphatic carbocycles. The maximum atomic E-state index is 11.6. The molecule has 4 heteroatoms. The van der Waals surface area contributed by atoms with Gasteiger partial charge in [-0.1, -0.05) is 6.42 Å². The van der Waals surface area contributed by atoms with Crippen LogP contribution in [0, 0.1) is 20.8 Å². The number of benzene rings is 1. The van der Waals surface area contributed by atoms with E-state index >= 15 is 0 Å². The van der Waals surface area contributed by atoms with Crippen molar-refractivity contribution in [2.45, 2.75) is 45.4 Å². The van der Waals surface area contributed by atoms with Gasteiger partial charge in [0.1, 0.15) is 5.75 Å². The molecule has 0 radical (unpaired) electrons. The SMILES string of the molecule is Cc1c(C)c(C2(C(=O)O)CCC2)c(C)c(Br)c1O. The number of rotatable bonds is 2. The number of aliphatic carboxylic acids is 1. The van der Waals surface area contributed by atoms with E-state index in [-0.39, 0.29) is 5.75 Å². The van der Waals surface area contributed by atoms with E-state index in [0.717, 1.165) is 28.7 Å². The van der Waals surface area contributed by atoms with Gasteiger partial charge in [0, 0.05) is 0 Å². The van der Waals surface area contributed by atoms with Crippen molar-refractivity contribution in [3.8, 4) is 5.75 Å². The number of hydrogen-bond donors (Lipinski definition) is 2. The zero-order valence-electron chi connectivity index (χ0n) is 10.8. The lowest BCUT2D eigenvalue weighted by molar-refractivity contribution is -0.147. The largest absolute Gasteiger partial charge is 0.506 e. The summed E-state index contributed by atoms with van der Waals surface area (Å²) in [7, 11) is 0. The topological polar surface area (TPSA) is 57.5 Å². The van der Waals surface area contributed by atoms with Crippen LogP contribution >= 0.6 is 15.9 Å². The van der Waals surface area contributed by atoms with Gasteiger partial charge in [-0.25, -0.2) is 0 Å². The lowest BCUT2D eigenvalue weighted by Crippen LogP contribution is -2.43. The summed E-state index contributed by atoms with van der Waals surface area (Å²) in [4.78, 5) is 11.6. The average molecular weight is 313 g/mol. The van der Waals surface area contributed by atoms with Crippen molar-refractivity contribution < 1.29 is 15.0 Å². The zero-order chi connectivity index (χ0) is 13.7. The predicted molar refractivity (Wildman–Crippen MR) is 73.2 cm³/mol. The molecule has 1 fully saturated rings. The number of phenols is 1. The first-order chi connectivity index (χ1) is 8.33. The van der Waals surface area contributed by atoms with Crippen LogP contribution < -0.4 is 0 Å². The average Bonchev–Trinajstić information content (AvgIpc) is 2.26. The van der Waals surface area contributed by atoms with Crippen molar-refractivity contribution >= 4 is 21.9 Å². The molecule has 0 heterocycles. The third-order valence-corrected chi connectivity index (χ3v) is 5.27. The molecule has 0 atom stereocenters. The standard InChI is InChI=1S/C14H17BrO3/c1-7-8(2)12(16)11(15)9(3)10(7)14(13(17)18)5-4-6-14/h16H,4-6H2,1-3H3,(H,17,18). The minimum absolute atomic E-state index is 0.216. The molecule has 0 spiro atoms. The smallest absolute Gasteiger partial charge is 0.314 e. The van der Waals surface area contributed by atoms with Crippen LogP contribution in [0.15, 0.2) is 4.47 Å². The quantitative estimate of drug-likeness (QED) is 0.877. The first-order valence-corrected chi connectivity index (χ1v) is 6.84. The first-order valence-electron chi connectivity index (χ1n) is 6.05.